The topological polar surface area (TPSA) is 53.4 Å². The molecule has 23 heavy (non-hydrogen) atoms. The molecule has 0 fully saturated rings. The second-order valence-electron chi connectivity index (χ2n) is 5.55. The number of nitrogens with zero attached hydrogens (tertiary/aromatic N) is 2. The fraction of sp³-hybridized carbons (Fsp3) is 0.263. The van der Waals surface area contributed by atoms with Gasteiger partial charge < -0.3 is 10.0 Å². The molecule has 0 bridgehead atoms. The molecule has 1 N–H and O–H groups in total. The highest BCUT2D eigenvalue weighted by atomic mass is 16.3. The van der Waals surface area contributed by atoms with Crippen molar-refractivity contribution in [3.05, 3.63) is 71.1 Å². The SMILES string of the molecule is C/C(=C/c1ccc(C)cc1)C(=O)N(CCO)Cc1cccnc1. The number of hydrogen-bond acceptors (Lipinski definition) is 3. The summed E-state index contributed by atoms with van der Waals surface area (Å²) in [6.07, 6.45) is 5.30. The van der Waals surface area contributed by atoms with Crippen LogP contribution in [0.25, 0.3) is 6.08 Å². The lowest BCUT2D eigenvalue weighted by atomic mass is 10.1. The minimum Gasteiger partial charge on any atom is -0.395 e. The number of aliphatic hydroxyl groups is 1. The predicted octanol–water partition coefficient (Wildman–Crippen LogP) is 2.81. The molecule has 120 valence electrons. The van der Waals surface area contributed by atoms with E-state index in [9.17, 15) is 9.90 Å². The van der Waals surface area contributed by atoms with Crippen LogP contribution in [0.2, 0.25) is 0 Å². The summed E-state index contributed by atoms with van der Waals surface area (Å²) in [5.41, 5.74) is 3.76. The van der Waals surface area contributed by atoms with Gasteiger partial charge in [0.05, 0.1) is 6.61 Å². The molecule has 1 aromatic carbocycles. The van der Waals surface area contributed by atoms with E-state index in [-0.39, 0.29) is 12.5 Å². The van der Waals surface area contributed by atoms with Crippen molar-refractivity contribution in [2.45, 2.75) is 20.4 Å². The first-order valence-electron chi connectivity index (χ1n) is 7.64. The molecule has 0 spiro atoms. The summed E-state index contributed by atoms with van der Waals surface area (Å²) in [5.74, 6) is -0.0801. The third kappa shape index (κ3) is 5.04. The summed E-state index contributed by atoms with van der Waals surface area (Å²) in [5, 5.41) is 9.24. The average molecular weight is 310 g/mol. The van der Waals surface area contributed by atoms with Crippen LogP contribution in [0.15, 0.2) is 54.4 Å². The number of benzene rings is 1. The Labute approximate surface area is 137 Å². The number of aliphatic hydroxyl groups excluding tert-OH is 1. The van der Waals surface area contributed by atoms with E-state index in [2.05, 4.69) is 4.98 Å². The van der Waals surface area contributed by atoms with E-state index >= 15 is 0 Å². The molecule has 2 aromatic rings. The number of hydrogen-bond donors (Lipinski definition) is 1. The van der Waals surface area contributed by atoms with E-state index in [4.69, 9.17) is 0 Å². The number of rotatable bonds is 6. The molecule has 0 aliphatic carbocycles. The van der Waals surface area contributed by atoms with Gasteiger partial charge in [0.25, 0.3) is 0 Å². The largest absolute Gasteiger partial charge is 0.395 e. The molecule has 1 aromatic heterocycles. The minimum absolute atomic E-state index is 0.0657. The molecule has 2 rings (SSSR count). The summed E-state index contributed by atoms with van der Waals surface area (Å²) in [7, 11) is 0. The summed E-state index contributed by atoms with van der Waals surface area (Å²) in [6.45, 7) is 4.50. The lowest BCUT2D eigenvalue weighted by Crippen LogP contribution is -2.33. The second kappa shape index (κ2) is 8.25. The molecule has 1 amide bonds. The van der Waals surface area contributed by atoms with E-state index in [0.29, 0.717) is 18.7 Å². The lowest BCUT2D eigenvalue weighted by molar-refractivity contribution is -0.128. The third-order valence-corrected chi connectivity index (χ3v) is 3.55. The van der Waals surface area contributed by atoms with Gasteiger partial charge in [0.15, 0.2) is 0 Å². The molecule has 0 unspecified atom stereocenters. The summed E-state index contributed by atoms with van der Waals surface area (Å²) >= 11 is 0. The molecular weight excluding hydrogens is 288 g/mol. The van der Waals surface area contributed by atoms with Gasteiger partial charge in [-0.15, -0.1) is 0 Å². The molecule has 4 heteroatoms. The first-order valence-corrected chi connectivity index (χ1v) is 7.64. The normalized spacial score (nSPS) is 11.3. The van der Waals surface area contributed by atoms with Gasteiger partial charge in [-0.1, -0.05) is 35.9 Å². The van der Waals surface area contributed by atoms with Crippen LogP contribution in [0.5, 0.6) is 0 Å². The Hall–Kier alpha value is -2.46. The number of pyridine rings is 1. The quantitative estimate of drug-likeness (QED) is 0.835. The molecule has 1 heterocycles. The standard InChI is InChI=1S/C19H22N2O2/c1-15-5-7-17(8-6-15)12-16(2)19(23)21(10-11-22)14-18-4-3-9-20-13-18/h3-9,12-13,22H,10-11,14H2,1-2H3/b16-12-. The van der Waals surface area contributed by atoms with Crippen molar-refractivity contribution in [2.75, 3.05) is 13.2 Å². The molecule has 0 aliphatic heterocycles. The third-order valence-electron chi connectivity index (χ3n) is 3.55. The lowest BCUT2D eigenvalue weighted by Gasteiger charge is -2.22. The molecular formula is C19H22N2O2. The number of carbonyl (C=O) groups excluding carboxylic acids is 1. The second-order valence-corrected chi connectivity index (χ2v) is 5.55. The number of carbonyl (C=O) groups is 1. The Balaban J connectivity index is 2.14. The van der Waals surface area contributed by atoms with Gasteiger partial charge in [-0.2, -0.15) is 0 Å². The highest BCUT2D eigenvalue weighted by Crippen LogP contribution is 2.12. The van der Waals surface area contributed by atoms with Crippen LogP contribution in [-0.2, 0) is 11.3 Å². The highest BCUT2D eigenvalue weighted by Gasteiger charge is 2.15. The van der Waals surface area contributed by atoms with E-state index < -0.39 is 0 Å². The summed E-state index contributed by atoms with van der Waals surface area (Å²) in [4.78, 5) is 18.3. The van der Waals surface area contributed by atoms with Crippen molar-refractivity contribution < 1.29 is 9.90 Å². The molecule has 0 saturated heterocycles. The zero-order chi connectivity index (χ0) is 16.7. The zero-order valence-corrected chi connectivity index (χ0v) is 13.6. The smallest absolute Gasteiger partial charge is 0.249 e. The van der Waals surface area contributed by atoms with Crippen molar-refractivity contribution in [1.82, 2.24) is 9.88 Å². The fourth-order valence-corrected chi connectivity index (χ4v) is 2.31. The van der Waals surface area contributed by atoms with Crippen LogP contribution < -0.4 is 0 Å². The zero-order valence-electron chi connectivity index (χ0n) is 13.6. The van der Waals surface area contributed by atoms with Crippen molar-refractivity contribution in [3.8, 4) is 0 Å². The summed E-state index contributed by atoms with van der Waals surface area (Å²) in [6, 6.07) is 11.8. The Morgan fingerprint density at radius 1 is 1.26 bits per heavy atom. The first kappa shape index (κ1) is 16.9. The van der Waals surface area contributed by atoms with E-state index in [1.54, 1.807) is 24.2 Å². The maximum Gasteiger partial charge on any atom is 0.249 e. The van der Waals surface area contributed by atoms with E-state index in [0.717, 1.165) is 11.1 Å². The summed E-state index contributed by atoms with van der Waals surface area (Å²) < 4.78 is 0. The van der Waals surface area contributed by atoms with Gasteiger partial charge in [0, 0.05) is 31.1 Å². The molecule has 0 saturated carbocycles. The van der Waals surface area contributed by atoms with Gasteiger partial charge >= 0.3 is 0 Å². The number of aryl methyl sites for hydroxylation is 1. The van der Waals surface area contributed by atoms with Crippen molar-refractivity contribution in [2.24, 2.45) is 0 Å². The van der Waals surface area contributed by atoms with Crippen LogP contribution >= 0.6 is 0 Å². The Bertz CT molecular complexity index is 664. The van der Waals surface area contributed by atoms with Gasteiger partial charge in [-0.3, -0.25) is 9.78 Å². The average Bonchev–Trinajstić information content (AvgIpc) is 2.57. The van der Waals surface area contributed by atoms with Gasteiger partial charge in [0.1, 0.15) is 0 Å². The van der Waals surface area contributed by atoms with Gasteiger partial charge in [0.2, 0.25) is 5.91 Å². The maximum absolute atomic E-state index is 12.6. The van der Waals surface area contributed by atoms with Crippen LogP contribution in [0, 0.1) is 6.92 Å². The number of aromatic nitrogens is 1. The number of amides is 1. The van der Waals surface area contributed by atoms with E-state index in [1.807, 2.05) is 49.4 Å². The molecule has 0 atom stereocenters. The highest BCUT2D eigenvalue weighted by molar-refractivity contribution is 5.97. The minimum atomic E-state index is -0.0801. The van der Waals surface area contributed by atoms with Crippen molar-refractivity contribution in [1.29, 1.82) is 0 Å². The van der Waals surface area contributed by atoms with Crippen LogP contribution in [0.3, 0.4) is 0 Å². The van der Waals surface area contributed by atoms with Crippen LogP contribution in [-0.4, -0.2) is 34.0 Å². The van der Waals surface area contributed by atoms with Crippen molar-refractivity contribution in [3.63, 3.8) is 0 Å². The van der Waals surface area contributed by atoms with Gasteiger partial charge in [-0.25, -0.2) is 0 Å². The van der Waals surface area contributed by atoms with Crippen molar-refractivity contribution >= 4 is 12.0 Å². The monoisotopic (exact) mass is 310 g/mol. The van der Waals surface area contributed by atoms with E-state index in [1.165, 1.54) is 5.56 Å². The molecule has 4 nitrogen and oxygen atoms in total. The Morgan fingerprint density at radius 2 is 2.00 bits per heavy atom. The fourth-order valence-electron chi connectivity index (χ4n) is 2.31. The predicted molar refractivity (Wildman–Crippen MR) is 91.6 cm³/mol. The van der Waals surface area contributed by atoms with Gasteiger partial charge in [-0.05, 0) is 37.1 Å². The van der Waals surface area contributed by atoms with Crippen LogP contribution in [0.4, 0.5) is 0 Å². The molecule has 0 aliphatic rings. The Morgan fingerprint density at radius 3 is 2.61 bits per heavy atom. The Kier molecular flexibility index (Phi) is 6.06. The molecule has 0 radical (unpaired) electrons. The van der Waals surface area contributed by atoms with Crippen LogP contribution in [0.1, 0.15) is 23.6 Å². The maximum atomic E-state index is 12.6. The first-order chi connectivity index (χ1) is 11.1.